The van der Waals surface area contributed by atoms with Gasteiger partial charge in [-0.3, -0.25) is 0 Å². The van der Waals surface area contributed by atoms with Gasteiger partial charge in [0, 0.05) is 0 Å². The number of rotatable bonds is 1. The van der Waals surface area contributed by atoms with Crippen LogP contribution in [0.1, 0.15) is 14.9 Å². The van der Waals surface area contributed by atoms with Crippen molar-refractivity contribution in [3.63, 3.8) is 0 Å². The molecule has 1 aliphatic rings. The van der Waals surface area contributed by atoms with Gasteiger partial charge in [0.25, 0.3) is 0 Å². The summed E-state index contributed by atoms with van der Waals surface area (Å²) < 4.78 is 4.61. The monoisotopic (exact) mass is 466 g/mol. The summed E-state index contributed by atoms with van der Waals surface area (Å²) >= 11 is 1.64. The molecule has 2 heterocycles. The Hall–Kier alpha value is -1.85. The maximum absolute atomic E-state index is 2.46. The second-order valence-corrected chi connectivity index (χ2v) is 11.5. The molecule has 1 aliphatic carbocycles. The van der Waals surface area contributed by atoms with E-state index in [2.05, 4.69) is 73.7 Å². The van der Waals surface area contributed by atoms with E-state index in [0.29, 0.717) is 0 Å². The van der Waals surface area contributed by atoms with Gasteiger partial charge in [0.15, 0.2) is 0 Å². The van der Waals surface area contributed by atoms with Crippen LogP contribution in [0.25, 0.3) is 46.0 Å². The average molecular weight is 464 g/mol. The zero-order chi connectivity index (χ0) is 17.3. The van der Waals surface area contributed by atoms with Crippen molar-refractivity contribution in [3.05, 3.63) is 75.2 Å². The van der Waals surface area contributed by atoms with E-state index in [-0.39, 0.29) is 20.4 Å². The summed E-state index contributed by atoms with van der Waals surface area (Å²) in [5.74, 6) is 0. The number of thiophene rings is 1. The number of aryl methyl sites for hydroxylation is 1. The topological polar surface area (TPSA) is 0 Å². The minimum atomic E-state index is -0.249. The van der Waals surface area contributed by atoms with Crippen LogP contribution in [0.15, 0.2) is 66.8 Å². The third-order valence-electron chi connectivity index (χ3n) is 5.28. The number of hydrogen-bond acceptors (Lipinski definition) is 1. The van der Waals surface area contributed by atoms with Crippen LogP contribution in [0, 0.1) is 6.92 Å². The fourth-order valence-electron chi connectivity index (χ4n) is 4.00. The zero-order valence-electron chi connectivity index (χ0n) is 14.4. The summed E-state index contributed by atoms with van der Waals surface area (Å²) in [6.45, 7) is 2.19. The Kier molecular flexibility index (Phi) is 3.26. The molecular weight excluding hydrogens is 448 g/mol. The summed E-state index contributed by atoms with van der Waals surface area (Å²) in [6, 6.07) is 19.1. The first-order valence-electron chi connectivity index (χ1n) is 8.90. The molecule has 2 aromatic heterocycles. The van der Waals surface area contributed by atoms with Gasteiger partial charge in [0.05, 0.1) is 0 Å². The number of allylic oxidation sites excluding steroid dienone is 4. The van der Waals surface area contributed by atoms with E-state index >= 15 is 0 Å². The first kappa shape index (κ1) is 15.2. The van der Waals surface area contributed by atoms with Crippen molar-refractivity contribution in [3.8, 4) is 0 Å². The molecule has 0 radical (unpaired) electrons. The van der Waals surface area contributed by atoms with E-state index < -0.39 is 0 Å². The molecule has 0 amide bonds. The fourth-order valence-corrected chi connectivity index (χ4v) is 8.17. The van der Waals surface area contributed by atoms with E-state index in [4.69, 9.17) is 0 Å². The van der Waals surface area contributed by atoms with Gasteiger partial charge in [-0.15, -0.1) is 0 Å². The number of benzene rings is 3. The fraction of sp³-hybridized carbons (Fsp3) is 0.0833. The van der Waals surface area contributed by atoms with E-state index in [1.54, 1.807) is 6.98 Å². The Morgan fingerprint density at radius 3 is 2.31 bits per heavy atom. The van der Waals surface area contributed by atoms with Crippen LogP contribution < -0.4 is 0 Å². The van der Waals surface area contributed by atoms with Crippen molar-refractivity contribution in [2.45, 2.75) is 13.3 Å². The van der Waals surface area contributed by atoms with Crippen LogP contribution in [0.4, 0.5) is 0 Å². The van der Waals surface area contributed by atoms with E-state index in [0.717, 1.165) is 6.42 Å². The standard InChI is InChI=1S/C24H16STe/c1-14-6-20-9-16-7-17-10-21-13-23(15-4-2-3-5-15)26-24(21)12-19(17)8-18(16)11-22(20)25-14/h2-4,6-13H,5H2,1H3. The average Bonchev–Trinajstić information content (AvgIpc) is 3.33. The first-order valence-corrected chi connectivity index (χ1v) is 12.0. The van der Waals surface area contributed by atoms with Crippen LogP contribution in [0.2, 0.25) is 0 Å². The third-order valence-corrected chi connectivity index (χ3v) is 9.64. The zero-order valence-corrected chi connectivity index (χ0v) is 17.5. The molecule has 0 saturated carbocycles. The molecule has 0 nitrogen and oxygen atoms in total. The number of fused-ring (bicyclic) bond motifs is 4. The Morgan fingerprint density at radius 2 is 1.50 bits per heavy atom. The van der Waals surface area contributed by atoms with Crippen LogP contribution in [0.5, 0.6) is 0 Å². The van der Waals surface area contributed by atoms with Gasteiger partial charge in [-0.05, 0) is 0 Å². The molecule has 0 unspecified atom stereocenters. The quantitative estimate of drug-likeness (QED) is 0.184. The van der Waals surface area contributed by atoms with Gasteiger partial charge in [-0.1, -0.05) is 0 Å². The van der Waals surface area contributed by atoms with E-state index in [1.165, 1.54) is 47.5 Å². The normalized spacial score (nSPS) is 14.3. The van der Waals surface area contributed by atoms with Crippen LogP contribution in [0.3, 0.4) is 0 Å². The molecule has 0 spiro atoms. The molecule has 3 aromatic carbocycles. The summed E-state index contributed by atoms with van der Waals surface area (Å²) in [5, 5.41) is 8.29. The van der Waals surface area contributed by atoms with Crippen molar-refractivity contribution >= 4 is 77.8 Å². The van der Waals surface area contributed by atoms with Gasteiger partial charge in [0.1, 0.15) is 0 Å². The summed E-state index contributed by atoms with van der Waals surface area (Å²) in [4.78, 5) is 1.39. The van der Waals surface area contributed by atoms with Gasteiger partial charge < -0.3 is 0 Å². The molecule has 0 fully saturated rings. The molecular formula is C24H16STe. The van der Waals surface area contributed by atoms with Gasteiger partial charge >= 0.3 is 166 Å². The summed E-state index contributed by atoms with van der Waals surface area (Å²) in [7, 11) is 0. The second kappa shape index (κ2) is 5.57. The number of hydrogen-bond donors (Lipinski definition) is 0. The molecule has 5 aromatic rings. The van der Waals surface area contributed by atoms with Crippen LogP contribution in [-0.2, 0) is 0 Å². The van der Waals surface area contributed by atoms with E-state index in [1.807, 2.05) is 11.3 Å². The summed E-state index contributed by atoms with van der Waals surface area (Å²) in [6.07, 6.45) is 7.88. The van der Waals surface area contributed by atoms with Gasteiger partial charge in [-0.25, -0.2) is 0 Å². The molecule has 0 aliphatic heterocycles. The molecule has 0 bridgehead atoms. The Morgan fingerprint density at radius 1 is 0.769 bits per heavy atom. The molecule has 0 saturated heterocycles. The Bertz CT molecular complexity index is 1320. The van der Waals surface area contributed by atoms with Crippen LogP contribution >= 0.6 is 11.3 Å². The maximum atomic E-state index is 2.46. The molecule has 26 heavy (non-hydrogen) atoms. The molecule has 2 heteroatoms. The summed E-state index contributed by atoms with van der Waals surface area (Å²) in [5.41, 5.74) is 1.54. The third kappa shape index (κ3) is 2.33. The van der Waals surface area contributed by atoms with Crippen molar-refractivity contribution in [2.24, 2.45) is 0 Å². The predicted molar refractivity (Wildman–Crippen MR) is 118 cm³/mol. The van der Waals surface area contributed by atoms with Gasteiger partial charge in [0.2, 0.25) is 0 Å². The second-order valence-electron chi connectivity index (χ2n) is 7.12. The molecule has 124 valence electrons. The first-order chi connectivity index (χ1) is 12.7. The van der Waals surface area contributed by atoms with Crippen LogP contribution in [-0.4, -0.2) is 20.4 Å². The minimum absolute atomic E-state index is 0.249. The van der Waals surface area contributed by atoms with Crippen molar-refractivity contribution < 1.29 is 0 Å². The molecule has 6 rings (SSSR count). The van der Waals surface area contributed by atoms with Gasteiger partial charge in [-0.2, -0.15) is 0 Å². The Labute approximate surface area is 165 Å². The van der Waals surface area contributed by atoms with Crippen molar-refractivity contribution in [1.82, 2.24) is 0 Å². The molecule has 0 N–H and O–H groups in total. The van der Waals surface area contributed by atoms with Crippen molar-refractivity contribution in [2.75, 3.05) is 0 Å². The Balaban J connectivity index is 1.61. The van der Waals surface area contributed by atoms with E-state index in [9.17, 15) is 0 Å². The predicted octanol–water partition coefficient (Wildman–Crippen LogP) is 7.07. The SMILES string of the molecule is Cc1cc2cc3cc4cc5cc(C6=CC=CC6)[te]c5cc4cc3cc2s1. The van der Waals surface area contributed by atoms with Crippen molar-refractivity contribution in [1.29, 1.82) is 0 Å². The molecule has 0 atom stereocenters.